The van der Waals surface area contributed by atoms with Crippen molar-refractivity contribution in [1.82, 2.24) is 15.1 Å². The van der Waals surface area contributed by atoms with E-state index < -0.39 is 0 Å². The van der Waals surface area contributed by atoms with Crippen molar-refractivity contribution in [2.45, 2.75) is 12.5 Å². The van der Waals surface area contributed by atoms with Gasteiger partial charge in [-0.25, -0.2) is 4.68 Å². The molecule has 1 atom stereocenters. The van der Waals surface area contributed by atoms with Crippen molar-refractivity contribution in [3.63, 3.8) is 0 Å². The second kappa shape index (κ2) is 7.31. The summed E-state index contributed by atoms with van der Waals surface area (Å²) in [5, 5.41) is 7.21. The first-order valence-electron chi connectivity index (χ1n) is 8.52. The Morgan fingerprint density at radius 2 is 1.88 bits per heavy atom. The molecule has 2 aromatic carbocycles. The summed E-state index contributed by atoms with van der Waals surface area (Å²) >= 11 is 0. The van der Waals surface area contributed by atoms with Crippen molar-refractivity contribution in [1.29, 1.82) is 0 Å². The van der Waals surface area contributed by atoms with Gasteiger partial charge >= 0.3 is 0 Å². The standard InChI is InChI=1S/C20H19N3O3/c24-20(10-15-11-22-23(13-15)16-6-2-1-3-7-16)21-12-17-14-25-18-8-4-5-9-19(18)26-17/h1-9,11,13,17H,10,12,14H2,(H,21,24). The summed E-state index contributed by atoms with van der Waals surface area (Å²) in [5.74, 6) is 1.38. The number of rotatable bonds is 5. The molecule has 2 heterocycles. The average molecular weight is 349 g/mol. The third-order valence-corrected chi connectivity index (χ3v) is 4.12. The number of carbonyl (C=O) groups is 1. The molecule has 1 amide bonds. The van der Waals surface area contributed by atoms with Crippen molar-refractivity contribution in [3.05, 3.63) is 72.6 Å². The van der Waals surface area contributed by atoms with Gasteiger partial charge in [0, 0.05) is 6.20 Å². The smallest absolute Gasteiger partial charge is 0.224 e. The fourth-order valence-electron chi connectivity index (χ4n) is 2.81. The lowest BCUT2D eigenvalue weighted by molar-refractivity contribution is -0.120. The van der Waals surface area contributed by atoms with Crippen LogP contribution in [0, 0.1) is 0 Å². The van der Waals surface area contributed by atoms with Crippen LogP contribution in [0.25, 0.3) is 5.69 Å². The molecule has 0 radical (unpaired) electrons. The predicted octanol–water partition coefficient (Wildman–Crippen LogP) is 2.37. The Morgan fingerprint density at radius 1 is 1.12 bits per heavy atom. The summed E-state index contributed by atoms with van der Waals surface area (Å²) in [4.78, 5) is 12.2. The minimum absolute atomic E-state index is 0.0694. The highest BCUT2D eigenvalue weighted by molar-refractivity contribution is 5.78. The number of hydrogen-bond donors (Lipinski definition) is 1. The van der Waals surface area contributed by atoms with Gasteiger partial charge in [0.25, 0.3) is 0 Å². The second-order valence-corrected chi connectivity index (χ2v) is 6.11. The Balaban J connectivity index is 1.29. The van der Waals surface area contributed by atoms with Gasteiger partial charge in [-0.15, -0.1) is 0 Å². The number of hydrogen-bond acceptors (Lipinski definition) is 4. The minimum Gasteiger partial charge on any atom is -0.486 e. The SMILES string of the molecule is O=C(Cc1cnn(-c2ccccc2)c1)NCC1COc2ccccc2O1. The number of amides is 1. The van der Waals surface area contributed by atoms with E-state index in [9.17, 15) is 4.79 Å². The molecule has 6 nitrogen and oxygen atoms in total. The lowest BCUT2D eigenvalue weighted by atomic mass is 10.2. The molecule has 0 saturated heterocycles. The van der Waals surface area contributed by atoms with Gasteiger partial charge in [0.2, 0.25) is 5.91 Å². The number of carbonyl (C=O) groups excluding carboxylic acids is 1. The summed E-state index contributed by atoms with van der Waals surface area (Å²) in [6.07, 6.45) is 3.66. The van der Waals surface area contributed by atoms with E-state index in [4.69, 9.17) is 9.47 Å². The van der Waals surface area contributed by atoms with Gasteiger partial charge in [-0.05, 0) is 29.8 Å². The van der Waals surface area contributed by atoms with Gasteiger partial charge in [-0.3, -0.25) is 4.79 Å². The quantitative estimate of drug-likeness (QED) is 0.768. The molecule has 132 valence electrons. The molecule has 0 aliphatic carbocycles. The lowest BCUT2D eigenvalue weighted by Gasteiger charge is -2.26. The molecule has 1 N–H and O–H groups in total. The maximum absolute atomic E-state index is 12.2. The van der Waals surface area contributed by atoms with Crippen molar-refractivity contribution in [2.24, 2.45) is 0 Å². The fourth-order valence-corrected chi connectivity index (χ4v) is 2.81. The monoisotopic (exact) mass is 349 g/mol. The predicted molar refractivity (Wildman–Crippen MR) is 96.6 cm³/mol. The van der Waals surface area contributed by atoms with Gasteiger partial charge < -0.3 is 14.8 Å². The zero-order chi connectivity index (χ0) is 17.8. The molecule has 26 heavy (non-hydrogen) atoms. The maximum Gasteiger partial charge on any atom is 0.224 e. The number of benzene rings is 2. The highest BCUT2D eigenvalue weighted by Crippen LogP contribution is 2.30. The highest BCUT2D eigenvalue weighted by atomic mass is 16.6. The van der Waals surface area contributed by atoms with Crippen LogP contribution in [-0.2, 0) is 11.2 Å². The first-order chi connectivity index (χ1) is 12.8. The molecular weight excluding hydrogens is 330 g/mol. The van der Waals surface area contributed by atoms with Crippen molar-refractivity contribution in [2.75, 3.05) is 13.2 Å². The van der Waals surface area contributed by atoms with E-state index in [2.05, 4.69) is 10.4 Å². The molecule has 0 spiro atoms. The molecule has 1 unspecified atom stereocenters. The number of nitrogens with zero attached hydrogens (tertiary/aromatic N) is 2. The summed E-state index contributed by atoms with van der Waals surface area (Å²) in [6, 6.07) is 17.3. The van der Waals surface area contributed by atoms with Crippen LogP contribution in [0.4, 0.5) is 0 Å². The second-order valence-electron chi connectivity index (χ2n) is 6.11. The topological polar surface area (TPSA) is 65.4 Å². The summed E-state index contributed by atoms with van der Waals surface area (Å²) < 4.78 is 13.2. The number of ether oxygens (including phenoxy) is 2. The first-order valence-corrected chi connectivity index (χ1v) is 8.52. The van der Waals surface area contributed by atoms with E-state index in [0.29, 0.717) is 18.9 Å². The normalized spacial score (nSPS) is 15.5. The van der Waals surface area contributed by atoms with Crippen molar-refractivity contribution < 1.29 is 14.3 Å². The Hall–Kier alpha value is -3.28. The lowest BCUT2D eigenvalue weighted by Crippen LogP contribution is -2.41. The van der Waals surface area contributed by atoms with Gasteiger partial charge in [0.15, 0.2) is 11.5 Å². The largest absolute Gasteiger partial charge is 0.486 e. The van der Waals surface area contributed by atoms with Crippen LogP contribution in [-0.4, -0.2) is 34.9 Å². The van der Waals surface area contributed by atoms with Crippen molar-refractivity contribution >= 4 is 5.91 Å². The van der Waals surface area contributed by atoms with Crippen LogP contribution in [0.15, 0.2) is 67.0 Å². The van der Waals surface area contributed by atoms with Crippen LogP contribution < -0.4 is 14.8 Å². The van der Waals surface area contributed by atoms with Crippen LogP contribution in [0.1, 0.15) is 5.56 Å². The number of aromatic nitrogens is 2. The summed E-state index contributed by atoms with van der Waals surface area (Å²) in [5.41, 5.74) is 1.82. The van der Waals surface area contributed by atoms with E-state index in [1.54, 1.807) is 10.9 Å². The number of nitrogens with one attached hydrogen (secondary N) is 1. The Labute approximate surface area is 151 Å². The van der Waals surface area contributed by atoms with Gasteiger partial charge in [0.1, 0.15) is 12.7 Å². The minimum atomic E-state index is -0.194. The van der Waals surface area contributed by atoms with Gasteiger partial charge in [-0.2, -0.15) is 5.10 Å². The van der Waals surface area contributed by atoms with E-state index in [1.165, 1.54) is 0 Å². The van der Waals surface area contributed by atoms with E-state index in [-0.39, 0.29) is 18.4 Å². The highest BCUT2D eigenvalue weighted by Gasteiger charge is 2.21. The molecule has 1 aromatic heterocycles. The zero-order valence-electron chi connectivity index (χ0n) is 14.2. The van der Waals surface area contributed by atoms with Crippen LogP contribution in [0.2, 0.25) is 0 Å². The van der Waals surface area contributed by atoms with E-state index in [1.807, 2.05) is 60.8 Å². The fraction of sp³-hybridized carbons (Fsp3) is 0.200. The first kappa shape index (κ1) is 16.2. The van der Waals surface area contributed by atoms with Crippen LogP contribution in [0.5, 0.6) is 11.5 Å². The Kier molecular flexibility index (Phi) is 4.55. The molecule has 1 aliphatic rings. The van der Waals surface area contributed by atoms with E-state index in [0.717, 1.165) is 17.0 Å². The molecule has 3 aromatic rings. The maximum atomic E-state index is 12.2. The van der Waals surface area contributed by atoms with E-state index >= 15 is 0 Å². The molecule has 1 aliphatic heterocycles. The Bertz CT molecular complexity index is 892. The van der Waals surface area contributed by atoms with Gasteiger partial charge in [-0.1, -0.05) is 30.3 Å². The zero-order valence-corrected chi connectivity index (χ0v) is 14.2. The molecular formula is C20H19N3O3. The number of para-hydroxylation sites is 3. The third-order valence-electron chi connectivity index (χ3n) is 4.12. The van der Waals surface area contributed by atoms with Crippen molar-refractivity contribution in [3.8, 4) is 17.2 Å². The van der Waals surface area contributed by atoms with Crippen LogP contribution >= 0.6 is 0 Å². The summed E-state index contributed by atoms with van der Waals surface area (Å²) in [6.45, 7) is 0.823. The molecule has 0 fully saturated rings. The van der Waals surface area contributed by atoms with Crippen LogP contribution in [0.3, 0.4) is 0 Å². The number of fused-ring (bicyclic) bond motifs is 1. The summed E-state index contributed by atoms with van der Waals surface area (Å²) in [7, 11) is 0. The molecule has 6 heteroatoms. The molecule has 4 rings (SSSR count). The van der Waals surface area contributed by atoms with Gasteiger partial charge in [0.05, 0.1) is 24.8 Å². The molecule has 0 saturated carbocycles. The Morgan fingerprint density at radius 3 is 2.73 bits per heavy atom. The third kappa shape index (κ3) is 3.69. The molecule has 0 bridgehead atoms. The average Bonchev–Trinajstić information content (AvgIpc) is 3.15.